The molecule has 1 aliphatic heterocycles. The Morgan fingerprint density at radius 3 is 2.59 bits per heavy atom. The Hall–Kier alpha value is -2.70. The summed E-state index contributed by atoms with van der Waals surface area (Å²) in [5.41, 5.74) is 1.53. The highest BCUT2D eigenvalue weighted by molar-refractivity contribution is 5.94. The fraction of sp³-hybridized carbons (Fsp3) is 0.500. The highest BCUT2D eigenvalue weighted by atomic mass is 16.5. The van der Waals surface area contributed by atoms with Gasteiger partial charge in [-0.15, -0.1) is 0 Å². The second kappa shape index (κ2) is 9.85. The maximum Gasteiger partial charge on any atom is 0.337 e. The molecule has 7 nitrogen and oxygen atoms in total. The van der Waals surface area contributed by atoms with Crippen LogP contribution in [0.4, 0.5) is 4.79 Å². The summed E-state index contributed by atoms with van der Waals surface area (Å²) < 4.78 is 16.1. The van der Waals surface area contributed by atoms with Crippen molar-refractivity contribution in [3.05, 3.63) is 35.0 Å². The first-order valence-electron chi connectivity index (χ1n) is 9.19. The number of ether oxygens (including phenoxy) is 3. The van der Waals surface area contributed by atoms with Gasteiger partial charge in [-0.05, 0) is 31.0 Å². The number of hydrogen-bond acceptors (Lipinski definition) is 5. The van der Waals surface area contributed by atoms with Crippen LogP contribution in [0.5, 0.6) is 11.5 Å². The van der Waals surface area contributed by atoms with Gasteiger partial charge in [0.25, 0.3) is 0 Å². The van der Waals surface area contributed by atoms with Gasteiger partial charge in [-0.2, -0.15) is 0 Å². The number of esters is 1. The number of benzene rings is 1. The molecule has 0 bridgehead atoms. The Morgan fingerprint density at radius 2 is 1.93 bits per heavy atom. The summed E-state index contributed by atoms with van der Waals surface area (Å²) in [6.07, 6.45) is 4.48. The third-order valence-corrected chi connectivity index (χ3v) is 4.45. The van der Waals surface area contributed by atoms with Crippen LogP contribution in [0.15, 0.2) is 29.5 Å². The topological polar surface area (TPSA) is 85.9 Å². The zero-order valence-electron chi connectivity index (χ0n) is 16.4. The first-order valence-corrected chi connectivity index (χ1v) is 9.19. The molecular weight excluding hydrogens is 348 g/mol. The molecule has 0 aromatic heterocycles. The lowest BCUT2D eigenvalue weighted by atomic mass is 9.95. The largest absolute Gasteiger partial charge is 0.493 e. The minimum atomic E-state index is -0.626. The summed E-state index contributed by atoms with van der Waals surface area (Å²) in [6, 6.07) is 4.38. The van der Waals surface area contributed by atoms with E-state index in [1.807, 2.05) is 6.07 Å². The molecule has 2 N–H and O–H groups in total. The molecule has 1 aromatic carbocycles. The van der Waals surface area contributed by atoms with Gasteiger partial charge in [0.05, 0.1) is 32.4 Å². The van der Waals surface area contributed by atoms with Gasteiger partial charge < -0.3 is 24.8 Å². The average Bonchev–Trinajstić information content (AvgIpc) is 2.66. The van der Waals surface area contributed by atoms with Gasteiger partial charge in [-0.1, -0.05) is 32.3 Å². The van der Waals surface area contributed by atoms with Gasteiger partial charge in [0.15, 0.2) is 11.5 Å². The fourth-order valence-corrected chi connectivity index (χ4v) is 3.02. The van der Waals surface area contributed by atoms with Gasteiger partial charge in [-0.25, -0.2) is 9.59 Å². The fourth-order valence-electron chi connectivity index (χ4n) is 3.02. The zero-order chi connectivity index (χ0) is 19.8. The number of rotatable bonds is 9. The van der Waals surface area contributed by atoms with Crippen LogP contribution in [0, 0.1) is 0 Å². The number of methoxy groups -OCH3 is 2. The van der Waals surface area contributed by atoms with Crippen molar-refractivity contribution in [2.75, 3.05) is 20.8 Å². The summed E-state index contributed by atoms with van der Waals surface area (Å²) in [4.78, 5) is 24.1. The maximum atomic E-state index is 12.2. The Kier molecular flexibility index (Phi) is 7.52. The molecule has 1 heterocycles. The molecule has 1 atom stereocenters. The first-order chi connectivity index (χ1) is 13.0. The lowest BCUT2D eigenvalue weighted by molar-refractivity contribution is -0.136. The van der Waals surface area contributed by atoms with Gasteiger partial charge in [0.2, 0.25) is 0 Å². The normalized spacial score (nSPS) is 16.4. The number of amides is 2. The lowest BCUT2D eigenvalue weighted by Crippen LogP contribution is -2.45. The third-order valence-electron chi connectivity index (χ3n) is 4.45. The van der Waals surface area contributed by atoms with E-state index in [4.69, 9.17) is 14.2 Å². The van der Waals surface area contributed by atoms with E-state index in [-0.39, 0.29) is 6.03 Å². The predicted molar refractivity (Wildman–Crippen MR) is 102 cm³/mol. The van der Waals surface area contributed by atoms with Crippen LogP contribution in [0.25, 0.3) is 0 Å². The van der Waals surface area contributed by atoms with Crippen molar-refractivity contribution in [1.82, 2.24) is 10.6 Å². The SMILES string of the molecule is CCCCCCOc1ccc(C2NC(=O)NC(C)=C2C(=O)OC)cc1OC. The molecule has 2 rings (SSSR count). The third kappa shape index (κ3) is 5.15. The van der Waals surface area contributed by atoms with Crippen LogP contribution in [-0.2, 0) is 9.53 Å². The smallest absolute Gasteiger partial charge is 0.337 e. The summed E-state index contributed by atoms with van der Waals surface area (Å²) >= 11 is 0. The standard InChI is InChI=1S/C20H28N2O5/c1-5-6-7-8-11-27-15-10-9-14(12-16(15)25-3)18-17(19(23)26-4)13(2)21-20(24)22-18/h9-10,12,18H,5-8,11H2,1-4H3,(H2,21,22,24). The summed E-state index contributed by atoms with van der Waals surface area (Å²) in [5.74, 6) is 0.691. The van der Waals surface area contributed by atoms with E-state index in [2.05, 4.69) is 17.6 Å². The Labute approximate surface area is 160 Å². The average molecular weight is 376 g/mol. The van der Waals surface area contributed by atoms with E-state index in [1.54, 1.807) is 26.2 Å². The molecule has 2 amide bonds. The van der Waals surface area contributed by atoms with Gasteiger partial charge >= 0.3 is 12.0 Å². The van der Waals surface area contributed by atoms with Crippen molar-refractivity contribution in [3.63, 3.8) is 0 Å². The Morgan fingerprint density at radius 1 is 1.15 bits per heavy atom. The molecule has 27 heavy (non-hydrogen) atoms. The number of nitrogens with one attached hydrogen (secondary N) is 2. The second-order valence-electron chi connectivity index (χ2n) is 6.38. The van der Waals surface area contributed by atoms with Crippen molar-refractivity contribution in [2.45, 2.75) is 45.6 Å². The van der Waals surface area contributed by atoms with Gasteiger partial charge in [-0.3, -0.25) is 0 Å². The minimum Gasteiger partial charge on any atom is -0.493 e. The van der Waals surface area contributed by atoms with Crippen molar-refractivity contribution in [3.8, 4) is 11.5 Å². The molecule has 0 fully saturated rings. The van der Waals surface area contributed by atoms with Gasteiger partial charge in [0, 0.05) is 5.70 Å². The molecular formula is C20H28N2O5. The van der Waals surface area contributed by atoms with E-state index < -0.39 is 12.0 Å². The van der Waals surface area contributed by atoms with Crippen LogP contribution in [0.2, 0.25) is 0 Å². The second-order valence-corrected chi connectivity index (χ2v) is 6.38. The highest BCUT2D eigenvalue weighted by Gasteiger charge is 2.32. The molecule has 0 radical (unpaired) electrons. The Balaban J connectivity index is 2.23. The molecule has 148 valence electrons. The van der Waals surface area contributed by atoms with E-state index in [9.17, 15) is 9.59 Å². The molecule has 1 unspecified atom stereocenters. The van der Waals surface area contributed by atoms with E-state index >= 15 is 0 Å². The Bertz CT molecular complexity index is 714. The van der Waals surface area contributed by atoms with Crippen LogP contribution in [-0.4, -0.2) is 32.8 Å². The van der Waals surface area contributed by atoms with Crippen molar-refractivity contribution < 1.29 is 23.8 Å². The first kappa shape index (κ1) is 20.6. The van der Waals surface area contributed by atoms with Crippen LogP contribution >= 0.6 is 0 Å². The number of urea groups is 1. The minimum absolute atomic E-state index is 0.354. The number of carbonyl (C=O) groups is 2. The molecule has 1 aliphatic rings. The quantitative estimate of drug-likeness (QED) is 0.509. The predicted octanol–water partition coefficient (Wildman–Crippen LogP) is 3.46. The molecule has 0 saturated carbocycles. The van der Waals surface area contributed by atoms with Crippen LogP contribution in [0.3, 0.4) is 0 Å². The summed E-state index contributed by atoms with van der Waals surface area (Å²) in [5, 5.41) is 5.36. The van der Waals surface area contributed by atoms with E-state index in [0.29, 0.717) is 34.9 Å². The zero-order valence-corrected chi connectivity index (χ0v) is 16.4. The lowest BCUT2D eigenvalue weighted by Gasteiger charge is -2.28. The molecule has 0 aliphatic carbocycles. The summed E-state index contributed by atoms with van der Waals surface area (Å²) in [6.45, 7) is 4.45. The molecule has 0 spiro atoms. The molecule has 7 heteroatoms. The van der Waals surface area contributed by atoms with Crippen LogP contribution in [0.1, 0.15) is 51.1 Å². The number of unbranched alkanes of at least 4 members (excludes halogenated alkanes) is 3. The van der Waals surface area contributed by atoms with E-state index in [0.717, 1.165) is 12.8 Å². The van der Waals surface area contributed by atoms with Crippen molar-refractivity contribution >= 4 is 12.0 Å². The van der Waals surface area contributed by atoms with Gasteiger partial charge in [0.1, 0.15) is 0 Å². The monoisotopic (exact) mass is 376 g/mol. The highest BCUT2D eigenvalue weighted by Crippen LogP contribution is 2.34. The van der Waals surface area contributed by atoms with Crippen LogP contribution < -0.4 is 20.1 Å². The summed E-state index contributed by atoms with van der Waals surface area (Å²) in [7, 11) is 2.87. The number of carbonyl (C=O) groups excluding carboxylic acids is 2. The molecule has 0 saturated heterocycles. The number of allylic oxidation sites excluding steroid dienone is 1. The van der Waals surface area contributed by atoms with E-state index in [1.165, 1.54) is 20.0 Å². The molecule has 1 aromatic rings. The number of hydrogen-bond donors (Lipinski definition) is 2. The van der Waals surface area contributed by atoms with Crippen molar-refractivity contribution in [1.29, 1.82) is 0 Å². The van der Waals surface area contributed by atoms with Crippen molar-refractivity contribution in [2.24, 2.45) is 0 Å². The maximum absolute atomic E-state index is 12.2.